The van der Waals surface area contributed by atoms with E-state index in [4.69, 9.17) is 4.74 Å². The Bertz CT molecular complexity index is 662. The zero-order valence-corrected chi connectivity index (χ0v) is 17.5. The zero-order valence-electron chi connectivity index (χ0n) is 15.9. The Labute approximate surface area is 169 Å². The van der Waals surface area contributed by atoms with Crippen LogP contribution in [0.2, 0.25) is 0 Å². The van der Waals surface area contributed by atoms with Crippen molar-refractivity contribution in [2.75, 3.05) is 45.9 Å². The monoisotopic (exact) mass is 437 g/mol. The lowest BCUT2D eigenvalue weighted by atomic mass is 10.0. The molecule has 7 heteroatoms. The maximum Gasteiger partial charge on any atom is 0.409 e. The van der Waals surface area contributed by atoms with Crippen molar-refractivity contribution in [3.8, 4) is 0 Å². The number of likely N-dealkylation sites (tertiary alicyclic amines) is 1. The number of amides is 2. The standard InChI is InChI=1S/C20H28BrN3O3/c1-2-27-20(26)24-10-4-9-22(13-14-24)18-7-11-23(12-8-18)19(25)16-5-3-6-17(21)15-16/h3,5-6,15,18H,2,4,7-14H2,1H3. The maximum atomic E-state index is 12.7. The Balaban J connectivity index is 1.50. The number of carbonyl (C=O) groups is 2. The molecule has 0 spiro atoms. The number of carbonyl (C=O) groups excluding carboxylic acids is 2. The first-order valence-electron chi connectivity index (χ1n) is 9.79. The molecule has 1 aromatic carbocycles. The molecule has 148 valence electrons. The number of rotatable bonds is 3. The molecule has 2 saturated heterocycles. The fraction of sp³-hybridized carbons (Fsp3) is 0.600. The first-order chi connectivity index (χ1) is 13.1. The van der Waals surface area contributed by atoms with Gasteiger partial charge >= 0.3 is 6.09 Å². The summed E-state index contributed by atoms with van der Waals surface area (Å²) >= 11 is 3.43. The Morgan fingerprint density at radius 3 is 2.56 bits per heavy atom. The van der Waals surface area contributed by atoms with Gasteiger partial charge in [-0.25, -0.2) is 4.79 Å². The fourth-order valence-corrected chi connectivity index (χ4v) is 4.34. The molecule has 0 aromatic heterocycles. The molecule has 3 rings (SSSR count). The third kappa shape index (κ3) is 5.23. The summed E-state index contributed by atoms with van der Waals surface area (Å²) in [5.41, 5.74) is 0.739. The Morgan fingerprint density at radius 2 is 1.85 bits per heavy atom. The maximum absolute atomic E-state index is 12.7. The van der Waals surface area contributed by atoms with Gasteiger partial charge in [-0.05, 0) is 44.4 Å². The molecule has 1 aromatic rings. The van der Waals surface area contributed by atoms with Crippen LogP contribution in [0.25, 0.3) is 0 Å². The van der Waals surface area contributed by atoms with E-state index >= 15 is 0 Å². The van der Waals surface area contributed by atoms with E-state index in [-0.39, 0.29) is 12.0 Å². The number of hydrogen-bond acceptors (Lipinski definition) is 4. The summed E-state index contributed by atoms with van der Waals surface area (Å²) in [6.45, 7) is 7.19. The molecule has 0 saturated carbocycles. The van der Waals surface area contributed by atoms with Gasteiger partial charge in [-0.3, -0.25) is 9.69 Å². The van der Waals surface area contributed by atoms with Crippen LogP contribution in [-0.4, -0.2) is 78.6 Å². The smallest absolute Gasteiger partial charge is 0.409 e. The molecule has 2 aliphatic heterocycles. The van der Waals surface area contributed by atoms with Crippen LogP contribution in [0.4, 0.5) is 4.79 Å². The third-order valence-corrected chi connectivity index (χ3v) is 5.89. The summed E-state index contributed by atoms with van der Waals surface area (Å²) in [6, 6.07) is 8.07. The van der Waals surface area contributed by atoms with Crippen molar-refractivity contribution < 1.29 is 14.3 Å². The Kier molecular flexibility index (Phi) is 7.13. The van der Waals surface area contributed by atoms with Gasteiger partial charge in [0.1, 0.15) is 0 Å². The largest absolute Gasteiger partial charge is 0.450 e. The van der Waals surface area contributed by atoms with Gasteiger partial charge in [-0.2, -0.15) is 0 Å². The quantitative estimate of drug-likeness (QED) is 0.728. The number of hydrogen-bond donors (Lipinski definition) is 0. The predicted octanol–water partition coefficient (Wildman–Crippen LogP) is 3.22. The van der Waals surface area contributed by atoms with E-state index in [1.807, 2.05) is 41.0 Å². The molecule has 2 heterocycles. The summed E-state index contributed by atoms with van der Waals surface area (Å²) in [6.07, 6.45) is 2.74. The van der Waals surface area contributed by atoms with Gasteiger partial charge in [0.25, 0.3) is 5.91 Å². The van der Waals surface area contributed by atoms with E-state index in [9.17, 15) is 9.59 Å². The van der Waals surface area contributed by atoms with E-state index in [0.29, 0.717) is 12.6 Å². The summed E-state index contributed by atoms with van der Waals surface area (Å²) in [5, 5.41) is 0. The summed E-state index contributed by atoms with van der Waals surface area (Å²) in [5.74, 6) is 0.110. The van der Waals surface area contributed by atoms with Crippen LogP contribution in [0.1, 0.15) is 36.5 Å². The van der Waals surface area contributed by atoms with Gasteiger partial charge in [0.2, 0.25) is 0 Å². The topological polar surface area (TPSA) is 53.1 Å². The summed E-state index contributed by atoms with van der Waals surface area (Å²) in [7, 11) is 0. The van der Waals surface area contributed by atoms with Crippen LogP contribution < -0.4 is 0 Å². The third-order valence-electron chi connectivity index (χ3n) is 5.40. The first kappa shape index (κ1) is 20.1. The van der Waals surface area contributed by atoms with E-state index < -0.39 is 0 Å². The molecule has 2 aliphatic rings. The number of piperidine rings is 1. The molecule has 27 heavy (non-hydrogen) atoms. The van der Waals surface area contributed by atoms with Crippen LogP contribution in [0.15, 0.2) is 28.7 Å². The Hall–Kier alpha value is -1.60. The highest BCUT2D eigenvalue weighted by atomic mass is 79.9. The van der Waals surface area contributed by atoms with Gasteiger partial charge in [0, 0.05) is 55.3 Å². The molecule has 2 fully saturated rings. The van der Waals surface area contributed by atoms with Gasteiger partial charge in [0.15, 0.2) is 0 Å². The second-order valence-corrected chi connectivity index (χ2v) is 8.02. The van der Waals surface area contributed by atoms with Gasteiger partial charge < -0.3 is 14.5 Å². The minimum atomic E-state index is -0.200. The lowest BCUT2D eigenvalue weighted by Gasteiger charge is -2.38. The molecule has 0 aliphatic carbocycles. The van der Waals surface area contributed by atoms with Crippen molar-refractivity contribution in [1.29, 1.82) is 0 Å². The normalized spacial score (nSPS) is 19.6. The van der Waals surface area contributed by atoms with Gasteiger partial charge in [-0.1, -0.05) is 22.0 Å². The van der Waals surface area contributed by atoms with Crippen LogP contribution in [-0.2, 0) is 4.74 Å². The van der Waals surface area contributed by atoms with Gasteiger partial charge in [-0.15, -0.1) is 0 Å². The van der Waals surface area contributed by atoms with Crippen molar-refractivity contribution in [1.82, 2.24) is 14.7 Å². The molecule has 6 nitrogen and oxygen atoms in total. The van der Waals surface area contributed by atoms with E-state index in [2.05, 4.69) is 20.8 Å². The molecule has 0 bridgehead atoms. The second-order valence-electron chi connectivity index (χ2n) is 7.11. The van der Waals surface area contributed by atoms with Crippen LogP contribution >= 0.6 is 15.9 Å². The number of ether oxygens (including phenoxy) is 1. The molecular formula is C20H28BrN3O3. The highest BCUT2D eigenvalue weighted by molar-refractivity contribution is 9.10. The van der Waals surface area contributed by atoms with Crippen molar-refractivity contribution in [2.24, 2.45) is 0 Å². The predicted molar refractivity (Wildman–Crippen MR) is 108 cm³/mol. The molecule has 0 radical (unpaired) electrons. The highest BCUT2D eigenvalue weighted by Gasteiger charge is 2.29. The van der Waals surface area contributed by atoms with Crippen LogP contribution in [0.5, 0.6) is 0 Å². The lowest BCUT2D eigenvalue weighted by Crippen LogP contribution is -2.47. The van der Waals surface area contributed by atoms with Crippen LogP contribution in [0.3, 0.4) is 0 Å². The Morgan fingerprint density at radius 1 is 1.07 bits per heavy atom. The SMILES string of the molecule is CCOC(=O)N1CCCN(C2CCN(C(=O)c3cccc(Br)c3)CC2)CC1. The lowest BCUT2D eigenvalue weighted by molar-refractivity contribution is 0.0619. The van der Waals surface area contributed by atoms with Crippen molar-refractivity contribution in [2.45, 2.75) is 32.2 Å². The van der Waals surface area contributed by atoms with Crippen molar-refractivity contribution in [3.63, 3.8) is 0 Å². The fourth-order valence-electron chi connectivity index (χ4n) is 3.94. The van der Waals surface area contributed by atoms with Crippen molar-refractivity contribution >= 4 is 27.9 Å². The number of halogens is 1. The number of benzene rings is 1. The van der Waals surface area contributed by atoms with E-state index in [1.165, 1.54) is 0 Å². The minimum absolute atomic E-state index is 0.110. The average molecular weight is 438 g/mol. The second kappa shape index (κ2) is 9.55. The summed E-state index contributed by atoms with van der Waals surface area (Å²) < 4.78 is 6.06. The minimum Gasteiger partial charge on any atom is -0.450 e. The molecule has 0 unspecified atom stereocenters. The molecular weight excluding hydrogens is 410 g/mol. The molecule has 0 atom stereocenters. The van der Waals surface area contributed by atoms with Crippen LogP contribution in [0, 0.1) is 0 Å². The summed E-state index contributed by atoms with van der Waals surface area (Å²) in [4.78, 5) is 30.9. The van der Waals surface area contributed by atoms with E-state index in [1.54, 1.807) is 0 Å². The molecule has 0 N–H and O–H groups in total. The molecule has 2 amide bonds. The van der Waals surface area contributed by atoms with Gasteiger partial charge in [0.05, 0.1) is 6.61 Å². The highest BCUT2D eigenvalue weighted by Crippen LogP contribution is 2.21. The average Bonchev–Trinajstić information content (AvgIpc) is 2.94. The zero-order chi connectivity index (χ0) is 19.2. The van der Waals surface area contributed by atoms with E-state index in [0.717, 1.165) is 68.6 Å². The van der Waals surface area contributed by atoms with Crippen molar-refractivity contribution in [3.05, 3.63) is 34.3 Å². The number of nitrogens with zero attached hydrogens (tertiary/aromatic N) is 3. The first-order valence-corrected chi connectivity index (χ1v) is 10.6.